The predicted molar refractivity (Wildman–Crippen MR) is 90.4 cm³/mol. The number of hydrogen-bond donors (Lipinski definition) is 0. The maximum atomic E-state index is 12.5. The predicted octanol–water partition coefficient (Wildman–Crippen LogP) is 2.01. The van der Waals surface area contributed by atoms with Crippen LogP contribution in [0.1, 0.15) is 25.3 Å². The summed E-state index contributed by atoms with van der Waals surface area (Å²) >= 11 is 0. The Kier molecular flexibility index (Phi) is 4.55. The molecule has 0 atom stereocenters. The molecule has 0 aliphatic carbocycles. The van der Waals surface area contributed by atoms with Gasteiger partial charge in [0.25, 0.3) is 0 Å². The summed E-state index contributed by atoms with van der Waals surface area (Å²) in [5, 5.41) is 0. The third-order valence-electron chi connectivity index (χ3n) is 4.35. The van der Waals surface area contributed by atoms with E-state index in [1.165, 1.54) is 0 Å². The van der Waals surface area contributed by atoms with Crippen molar-refractivity contribution in [2.45, 2.75) is 27.2 Å². The molecule has 1 aromatic heterocycles. The minimum absolute atomic E-state index is 0.00402. The lowest BCUT2D eigenvalue weighted by Gasteiger charge is -2.35. The zero-order chi connectivity index (χ0) is 17.3. The van der Waals surface area contributed by atoms with Crippen LogP contribution in [0.3, 0.4) is 0 Å². The second-order valence-corrected chi connectivity index (χ2v) is 6.57. The van der Waals surface area contributed by atoms with Crippen LogP contribution in [-0.2, 0) is 16.0 Å². The molecule has 1 aromatic carbocycles. The molecule has 1 aliphatic heterocycles. The number of rotatable bonds is 3. The normalized spacial score (nSPS) is 15.3. The zero-order valence-electron chi connectivity index (χ0n) is 14.4. The number of carbonyl (C=O) groups is 2. The van der Waals surface area contributed by atoms with Gasteiger partial charge in [0.2, 0.25) is 11.8 Å². The topological polar surface area (TPSA) is 66.7 Å². The molecule has 3 rings (SSSR count). The smallest absolute Gasteiger partial charge is 0.227 e. The van der Waals surface area contributed by atoms with Crippen molar-refractivity contribution in [1.29, 1.82) is 0 Å². The number of aromatic nitrogens is 1. The second-order valence-electron chi connectivity index (χ2n) is 6.57. The van der Waals surface area contributed by atoms with Gasteiger partial charge in [-0.2, -0.15) is 0 Å². The Morgan fingerprint density at radius 3 is 2.50 bits per heavy atom. The summed E-state index contributed by atoms with van der Waals surface area (Å²) in [5.74, 6) is 0.874. The van der Waals surface area contributed by atoms with Gasteiger partial charge in [0, 0.05) is 39.0 Å². The first-order chi connectivity index (χ1) is 11.4. The largest absolute Gasteiger partial charge is 0.441 e. The van der Waals surface area contributed by atoms with Gasteiger partial charge in [-0.05, 0) is 17.7 Å². The van der Waals surface area contributed by atoms with Crippen LogP contribution in [0, 0.1) is 12.8 Å². The number of benzene rings is 1. The molecule has 2 aromatic rings. The van der Waals surface area contributed by atoms with E-state index in [2.05, 4.69) is 4.98 Å². The van der Waals surface area contributed by atoms with Crippen molar-refractivity contribution in [2.24, 2.45) is 5.92 Å². The first-order valence-electron chi connectivity index (χ1n) is 8.36. The van der Waals surface area contributed by atoms with Crippen molar-refractivity contribution in [3.05, 3.63) is 29.7 Å². The summed E-state index contributed by atoms with van der Waals surface area (Å²) in [6, 6.07) is 5.68. The maximum Gasteiger partial charge on any atom is 0.227 e. The van der Waals surface area contributed by atoms with Crippen molar-refractivity contribution >= 4 is 22.9 Å². The summed E-state index contributed by atoms with van der Waals surface area (Å²) in [7, 11) is 0. The third kappa shape index (κ3) is 3.42. The van der Waals surface area contributed by atoms with Gasteiger partial charge >= 0.3 is 0 Å². The SMILES string of the molecule is Cc1nc2ccc(CC(=O)N3CCN(C(=O)C(C)C)CC3)cc2o1. The maximum absolute atomic E-state index is 12.5. The quantitative estimate of drug-likeness (QED) is 0.864. The van der Waals surface area contributed by atoms with Crippen molar-refractivity contribution < 1.29 is 14.0 Å². The summed E-state index contributed by atoms with van der Waals surface area (Å²) in [6.45, 7) is 8.04. The van der Waals surface area contributed by atoms with Gasteiger partial charge in [0.05, 0.1) is 6.42 Å². The Morgan fingerprint density at radius 2 is 1.83 bits per heavy atom. The fourth-order valence-corrected chi connectivity index (χ4v) is 3.02. The van der Waals surface area contributed by atoms with Crippen molar-refractivity contribution in [3.63, 3.8) is 0 Å². The second kappa shape index (κ2) is 6.63. The number of hydrogen-bond acceptors (Lipinski definition) is 4. The summed E-state index contributed by atoms with van der Waals surface area (Å²) in [5.41, 5.74) is 2.44. The van der Waals surface area contributed by atoms with Gasteiger partial charge in [-0.25, -0.2) is 4.98 Å². The Hall–Kier alpha value is -2.37. The van der Waals surface area contributed by atoms with Crippen LogP contribution in [0.25, 0.3) is 11.1 Å². The van der Waals surface area contributed by atoms with Gasteiger partial charge in [0.15, 0.2) is 11.5 Å². The summed E-state index contributed by atoms with van der Waals surface area (Å²) < 4.78 is 5.52. The van der Waals surface area contributed by atoms with Crippen LogP contribution in [0.15, 0.2) is 22.6 Å². The van der Waals surface area contributed by atoms with Crippen LogP contribution in [0.2, 0.25) is 0 Å². The molecule has 2 heterocycles. The fraction of sp³-hybridized carbons (Fsp3) is 0.500. The number of fused-ring (bicyclic) bond motifs is 1. The molecule has 6 nitrogen and oxygen atoms in total. The Labute approximate surface area is 141 Å². The molecule has 0 spiro atoms. The van der Waals surface area contributed by atoms with Gasteiger partial charge in [0.1, 0.15) is 5.52 Å². The molecule has 0 N–H and O–H groups in total. The Morgan fingerprint density at radius 1 is 1.17 bits per heavy atom. The molecule has 0 saturated carbocycles. The molecular weight excluding hydrogens is 306 g/mol. The van der Waals surface area contributed by atoms with Crippen molar-refractivity contribution in [2.75, 3.05) is 26.2 Å². The minimum Gasteiger partial charge on any atom is -0.441 e. The first kappa shape index (κ1) is 16.5. The molecule has 1 aliphatic rings. The highest BCUT2D eigenvalue weighted by atomic mass is 16.3. The molecule has 128 valence electrons. The number of nitrogens with zero attached hydrogens (tertiary/aromatic N) is 3. The van der Waals surface area contributed by atoms with Crippen molar-refractivity contribution in [3.8, 4) is 0 Å². The molecule has 1 fully saturated rings. The van der Waals surface area contributed by atoms with Gasteiger partial charge < -0.3 is 14.2 Å². The molecule has 1 saturated heterocycles. The molecule has 6 heteroatoms. The third-order valence-corrected chi connectivity index (χ3v) is 4.35. The van der Waals surface area contributed by atoms with E-state index in [9.17, 15) is 9.59 Å². The van der Waals surface area contributed by atoms with E-state index >= 15 is 0 Å². The lowest BCUT2D eigenvalue weighted by molar-refractivity contribution is -0.141. The van der Waals surface area contributed by atoms with Crippen LogP contribution < -0.4 is 0 Å². The van der Waals surface area contributed by atoms with Crippen LogP contribution in [-0.4, -0.2) is 52.8 Å². The van der Waals surface area contributed by atoms with Crippen LogP contribution in [0.5, 0.6) is 0 Å². The Bertz CT molecular complexity index is 758. The summed E-state index contributed by atoms with van der Waals surface area (Å²) in [4.78, 5) is 32.4. The lowest BCUT2D eigenvalue weighted by atomic mass is 10.1. The number of amides is 2. The molecule has 0 radical (unpaired) electrons. The molecule has 0 bridgehead atoms. The zero-order valence-corrected chi connectivity index (χ0v) is 14.4. The number of carbonyl (C=O) groups excluding carboxylic acids is 2. The average Bonchev–Trinajstić information content (AvgIpc) is 2.93. The van der Waals surface area contributed by atoms with E-state index in [1.54, 1.807) is 0 Å². The summed E-state index contributed by atoms with van der Waals surface area (Å²) in [6.07, 6.45) is 0.341. The highest BCUT2D eigenvalue weighted by Gasteiger charge is 2.25. The number of aryl methyl sites for hydroxylation is 1. The van der Waals surface area contributed by atoms with E-state index in [-0.39, 0.29) is 17.7 Å². The average molecular weight is 329 g/mol. The van der Waals surface area contributed by atoms with Crippen LogP contribution in [0.4, 0.5) is 0 Å². The van der Waals surface area contributed by atoms with E-state index in [0.29, 0.717) is 44.1 Å². The highest BCUT2D eigenvalue weighted by molar-refractivity contribution is 5.82. The first-order valence-corrected chi connectivity index (χ1v) is 8.36. The number of piperazine rings is 1. The molecular formula is C18H23N3O3. The molecule has 2 amide bonds. The van der Waals surface area contributed by atoms with Crippen LogP contribution >= 0.6 is 0 Å². The van der Waals surface area contributed by atoms with E-state index in [0.717, 1.165) is 11.1 Å². The van der Waals surface area contributed by atoms with E-state index in [4.69, 9.17) is 4.42 Å². The standard InChI is InChI=1S/C18H23N3O3/c1-12(2)18(23)21-8-6-20(7-9-21)17(22)11-14-4-5-15-16(10-14)24-13(3)19-15/h4-5,10,12H,6-9,11H2,1-3H3. The van der Waals surface area contributed by atoms with Gasteiger partial charge in [-0.3, -0.25) is 9.59 Å². The van der Waals surface area contributed by atoms with Gasteiger partial charge in [-0.1, -0.05) is 19.9 Å². The lowest BCUT2D eigenvalue weighted by Crippen LogP contribution is -2.51. The fourth-order valence-electron chi connectivity index (χ4n) is 3.02. The number of oxazole rings is 1. The van der Waals surface area contributed by atoms with Crippen molar-refractivity contribution in [1.82, 2.24) is 14.8 Å². The molecule has 24 heavy (non-hydrogen) atoms. The Balaban J connectivity index is 1.60. The molecule has 0 unspecified atom stereocenters. The van der Waals surface area contributed by atoms with Gasteiger partial charge in [-0.15, -0.1) is 0 Å². The van der Waals surface area contributed by atoms with E-state index in [1.807, 2.05) is 48.8 Å². The van der Waals surface area contributed by atoms with E-state index < -0.39 is 0 Å². The minimum atomic E-state index is 0.00402. The monoisotopic (exact) mass is 329 g/mol. The highest BCUT2D eigenvalue weighted by Crippen LogP contribution is 2.18.